The Kier molecular flexibility index (Phi) is 5.12. The third kappa shape index (κ3) is 4.26. The number of hydrogen-bond donors (Lipinski definition) is 1. The third-order valence-electron chi connectivity index (χ3n) is 5.53. The topological polar surface area (TPSA) is 51.7 Å². The van der Waals surface area contributed by atoms with Crippen LogP contribution in [0.1, 0.15) is 19.3 Å². The summed E-state index contributed by atoms with van der Waals surface area (Å²) in [5.74, 6) is 1.60. The van der Waals surface area contributed by atoms with Crippen LogP contribution in [0.4, 0.5) is 10.6 Å². The third-order valence-corrected chi connectivity index (χ3v) is 5.99. The quantitative estimate of drug-likeness (QED) is 0.830. The van der Waals surface area contributed by atoms with Gasteiger partial charge in [0.05, 0.1) is 0 Å². The largest absolute Gasteiger partial charge is 0.353 e. The number of likely N-dealkylation sites (tertiary alicyclic amines) is 1. The Morgan fingerprint density at radius 2 is 1.96 bits per heavy atom. The van der Waals surface area contributed by atoms with E-state index in [4.69, 9.17) is 0 Å². The molecule has 6 nitrogen and oxygen atoms in total. The van der Waals surface area contributed by atoms with Crippen LogP contribution in [-0.4, -0.2) is 72.7 Å². The summed E-state index contributed by atoms with van der Waals surface area (Å²) < 4.78 is 0.987. The molecule has 3 aliphatic rings. The second-order valence-electron chi connectivity index (χ2n) is 7.38. The van der Waals surface area contributed by atoms with Crippen LogP contribution < -0.4 is 10.2 Å². The van der Waals surface area contributed by atoms with E-state index in [1.807, 2.05) is 23.2 Å². The van der Waals surface area contributed by atoms with E-state index < -0.39 is 0 Å². The lowest BCUT2D eigenvalue weighted by Gasteiger charge is -2.35. The van der Waals surface area contributed by atoms with Gasteiger partial charge in [-0.05, 0) is 59.8 Å². The summed E-state index contributed by atoms with van der Waals surface area (Å²) in [5, 5.41) is 3.16. The number of hydrogen-bond acceptors (Lipinski definition) is 4. The highest BCUT2D eigenvalue weighted by Crippen LogP contribution is 2.31. The molecule has 25 heavy (non-hydrogen) atoms. The number of pyridine rings is 1. The SMILES string of the molecule is O=C(NCC1CCN(C2CC2)C1)N1CCN(c2ccc(Br)cn2)CC1. The molecule has 1 aromatic rings. The van der Waals surface area contributed by atoms with Crippen LogP contribution in [0.2, 0.25) is 0 Å². The minimum atomic E-state index is 0.0910. The van der Waals surface area contributed by atoms with Gasteiger partial charge in [-0.25, -0.2) is 9.78 Å². The standard InChI is InChI=1S/C18H26BrN5O/c19-15-1-4-17(20-12-15)22-7-9-23(10-8-22)18(25)21-11-14-5-6-24(13-14)16-2-3-16/h1,4,12,14,16H,2-3,5-11,13H2,(H,21,25). The van der Waals surface area contributed by atoms with Crippen molar-refractivity contribution < 1.29 is 4.79 Å². The Morgan fingerprint density at radius 1 is 1.16 bits per heavy atom. The lowest BCUT2D eigenvalue weighted by atomic mass is 10.1. The van der Waals surface area contributed by atoms with Crippen LogP contribution >= 0.6 is 15.9 Å². The van der Waals surface area contributed by atoms with Crippen LogP contribution in [0.3, 0.4) is 0 Å². The maximum Gasteiger partial charge on any atom is 0.317 e. The molecule has 0 spiro atoms. The van der Waals surface area contributed by atoms with Crippen molar-refractivity contribution >= 4 is 27.8 Å². The van der Waals surface area contributed by atoms with E-state index in [9.17, 15) is 4.79 Å². The first kappa shape index (κ1) is 17.1. The molecule has 136 valence electrons. The van der Waals surface area contributed by atoms with Crippen molar-refractivity contribution in [3.63, 3.8) is 0 Å². The number of carbonyl (C=O) groups is 1. The van der Waals surface area contributed by atoms with Crippen molar-refractivity contribution in [2.75, 3.05) is 50.7 Å². The summed E-state index contributed by atoms with van der Waals surface area (Å²) in [6.07, 6.45) is 5.79. The van der Waals surface area contributed by atoms with Gasteiger partial charge in [0.25, 0.3) is 0 Å². The van der Waals surface area contributed by atoms with Gasteiger partial charge >= 0.3 is 6.03 Å². The molecule has 2 amide bonds. The van der Waals surface area contributed by atoms with Crippen molar-refractivity contribution in [3.05, 3.63) is 22.8 Å². The van der Waals surface area contributed by atoms with E-state index in [1.165, 1.54) is 25.8 Å². The molecule has 1 aliphatic carbocycles. The van der Waals surface area contributed by atoms with E-state index in [0.29, 0.717) is 5.92 Å². The molecule has 1 aromatic heterocycles. The number of nitrogens with zero attached hydrogens (tertiary/aromatic N) is 4. The first-order valence-electron chi connectivity index (χ1n) is 9.32. The van der Waals surface area contributed by atoms with Gasteiger partial charge in [0, 0.05) is 56.0 Å². The number of rotatable bonds is 4. The molecule has 3 heterocycles. The highest BCUT2D eigenvalue weighted by molar-refractivity contribution is 9.10. The van der Waals surface area contributed by atoms with Crippen molar-refractivity contribution in [1.82, 2.24) is 20.1 Å². The van der Waals surface area contributed by atoms with Crippen LogP contribution in [0.5, 0.6) is 0 Å². The van der Waals surface area contributed by atoms with E-state index in [-0.39, 0.29) is 6.03 Å². The summed E-state index contributed by atoms with van der Waals surface area (Å²) in [6, 6.07) is 4.97. The molecule has 2 aliphatic heterocycles. The van der Waals surface area contributed by atoms with Gasteiger partial charge in [0.1, 0.15) is 5.82 Å². The number of nitrogens with one attached hydrogen (secondary N) is 1. The summed E-state index contributed by atoms with van der Waals surface area (Å²) in [6.45, 7) is 6.36. The predicted molar refractivity (Wildman–Crippen MR) is 102 cm³/mol. The summed E-state index contributed by atoms with van der Waals surface area (Å²) in [4.78, 5) is 23.6. The van der Waals surface area contributed by atoms with E-state index in [1.54, 1.807) is 0 Å². The molecule has 3 fully saturated rings. The van der Waals surface area contributed by atoms with Crippen molar-refractivity contribution in [2.45, 2.75) is 25.3 Å². The van der Waals surface area contributed by atoms with Crippen LogP contribution in [-0.2, 0) is 0 Å². The number of amides is 2. The van der Waals surface area contributed by atoms with E-state index in [0.717, 1.165) is 55.6 Å². The normalized spacial score (nSPS) is 24.6. The molecular weight excluding hydrogens is 382 g/mol. The second-order valence-corrected chi connectivity index (χ2v) is 8.29. The Hall–Kier alpha value is -1.34. The lowest BCUT2D eigenvalue weighted by Crippen LogP contribution is -2.52. The molecule has 0 aromatic carbocycles. The number of anilines is 1. The van der Waals surface area contributed by atoms with Gasteiger partial charge in [-0.3, -0.25) is 0 Å². The highest BCUT2D eigenvalue weighted by Gasteiger charge is 2.34. The van der Waals surface area contributed by atoms with E-state index in [2.05, 4.69) is 36.0 Å². The lowest BCUT2D eigenvalue weighted by molar-refractivity contribution is 0.192. The molecule has 0 radical (unpaired) electrons. The average Bonchev–Trinajstić information content (AvgIpc) is 3.39. The molecule has 1 saturated carbocycles. The zero-order chi connectivity index (χ0) is 17.2. The van der Waals surface area contributed by atoms with Gasteiger partial charge in [0.15, 0.2) is 0 Å². The molecule has 1 N–H and O–H groups in total. The van der Waals surface area contributed by atoms with Gasteiger partial charge in [-0.15, -0.1) is 0 Å². The van der Waals surface area contributed by atoms with Gasteiger partial charge in [0.2, 0.25) is 0 Å². The fraction of sp³-hybridized carbons (Fsp3) is 0.667. The van der Waals surface area contributed by atoms with Gasteiger partial charge in [-0.1, -0.05) is 0 Å². The Labute approximate surface area is 157 Å². The number of carbonyl (C=O) groups excluding carboxylic acids is 1. The van der Waals surface area contributed by atoms with Crippen molar-refractivity contribution in [2.24, 2.45) is 5.92 Å². The van der Waals surface area contributed by atoms with E-state index >= 15 is 0 Å². The summed E-state index contributed by atoms with van der Waals surface area (Å²) in [7, 11) is 0. The maximum atomic E-state index is 12.4. The molecular formula is C18H26BrN5O. The molecule has 7 heteroatoms. The molecule has 4 rings (SSSR count). The smallest absolute Gasteiger partial charge is 0.317 e. The molecule has 1 atom stereocenters. The Morgan fingerprint density at radius 3 is 2.64 bits per heavy atom. The predicted octanol–water partition coefficient (Wildman–Crippen LogP) is 2.16. The minimum Gasteiger partial charge on any atom is -0.353 e. The zero-order valence-electron chi connectivity index (χ0n) is 14.5. The van der Waals surface area contributed by atoms with Gasteiger partial charge < -0.3 is 20.0 Å². The molecule has 1 unspecified atom stereocenters. The average molecular weight is 408 g/mol. The van der Waals surface area contributed by atoms with Crippen LogP contribution in [0.15, 0.2) is 22.8 Å². The van der Waals surface area contributed by atoms with Crippen LogP contribution in [0, 0.1) is 5.92 Å². The number of urea groups is 1. The number of halogens is 1. The van der Waals surface area contributed by atoms with Gasteiger partial charge in [-0.2, -0.15) is 0 Å². The maximum absolute atomic E-state index is 12.4. The summed E-state index contributed by atoms with van der Waals surface area (Å²) >= 11 is 3.41. The number of aromatic nitrogens is 1. The summed E-state index contributed by atoms with van der Waals surface area (Å²) in [5.41, 5.74) is 0. The highest BCUT2D eigenvalue weighted by atomic mass is 79.9. The monoisotopic (exact) mass is 407 g/mol. The van der Waals surface area contributed by atoms with Crippen molar-refractivity contribution in [1.29, 1.82) is 0 Å². The minimum absolute atomic E-state index is 0.0910. The fourth-order valence-electron chi connectivity index (χ4n) is 3.84. The Bertz CT molecular complexity index is 598. The molecule has 2 saturated heterocycles. The van der Waals surface area contributed by atoms with Crippen LogP contribution in [0.25, 0.3) is 0 Å². The van der Waals surface area contributed by atoms with Crippen molar-refractivity contribution in [3.8, 4) is 0 Å². The zero-order valence-corrected chi connectivity index (χ0v) is 16.1. The fourth-order valence-corrected chi connectivity index (χ4v) is 4.07. The molecule has 0 bridgehead atoms. The first-order chi connectivity index (χ1) is 12.2. The first-order valence-corrected chi connectivity index (χ1v) is 10.1. The number of piperazine rings is 1. The Balaban J connectivity index is 1.19. The second kappa shape index (κ2) is 7.50.